The van der Waals surface area contributed by atoms with Gasteiger partial charge < -0.3 is 36.2 Å². The number of hydrogen-bond donors (Lipinski definition) is 4. The summed E-state index contributed by atoms with van der Waals surface area (Å²) in [6.07, 6.45) is -4.35. The van der Waals surface area contributed by atoms with Gasteiger partial charge in [-0.2, -0.15) is 13.2 Å². The number of piperidine rings is 2. The Bertz CT molecular complexity index is 1500. The Hall–Kier alpha value is -3.75. The third-order valence-corrected chi connectivity index (χ3v) is 10.1. The van der Waals surface area contributed by atoms with E-state index in [9.17, 15) is 27.6 Å². The zero-order valence-corrected chi connectivity index (χ0v) is 26.6. The Morgan fingerprint density at radius 1 is 1.02 bits per heavy atom. The molecule has 1 atom stereocenters. The molecule has 254 valence electrons. The van der Waals surface area contributed by atoms with E-state index in [1.54, 1.807) is 4.90 Å². The number of nitrogens with two attached hydrogens (primary N) is 1. The molecule has 11 nitrogen and oxygen atoms in total. The van der Waals surface area contributed by atoms with Gasteiger partial charge in [0.2, 0.25) is 0 Å². The minimum absolute atomic E-state index is 0.0719. The van der Waals surface area contributed by atoms with Crippen LogP contribution in [-0.4, -0.2) is 97.2 Å². The van der Waals surface area contributed by atoms with Gasteiger partial charge in [-0.1, -0.05) is 29.8 Å². The second-order valence-electron chi connectivity index (χ2n) is 12.6. The van der Waals surface area contributed by atoms with E-state index in [0.717, 1.165) is 37.6 Å². The highest BCUT2D eigenvalue weighted by molar-refractivity contribution is 6.33. The Morgan fingerprint density at radius 3 is 2.38 bits per heavy atom. The van der Waals surface area contributed by atoms with E-state index in [0.29, 0.717) is 50.7 Å². The van der Waals surface area contributed by atoms with Gasteiger partial charge in [-0.15, -0.1) is 0 Å². The van der Waals surface area contributed by atoms with Crippen LogP contribution >= 0.6 is 11.6 Å². The summed E-state index contributed by atoms with van der Waals surface area (Å²) in [6.45, 7) is 4.47. The average Bonchev–Trinajstić information content (AvgIpc) is 3.06. The third kappa shape index (κ3) is 7.09. The number of nitrogen functional groups attached to an aromatic ring is 1. The standard InChI is InChI=1S/C32H39ClF3N7O4/c33-24-18-20(17-23(27(24)37)32(34,35)36)19-26(28(44)42-15-13-41(14-16-42)21-5-9-38-10-6-21)47-30(46)43-11-7-31(8-12-43)22-3-1-2-4-25(22)39-29(45)40-31/h1-4,17-18,21,26,38H,5-16,19,37H2,(H2,39,40,45)/t26-/m1/s1. The molecule has 0 saturated carbocycles. The summed E-state index contributed by atoms with van der Waals surface area (Å²) in [6, 6.07) is 9.71. The maximum Gasteiger partial charge on any atom is 0.418 e. The van der Waals surface area contributed by atoms with Gasteiger partial charge in [0, 0.05) is 63.0 Å². The molecule has 4 aliphatic rings. The number of benzene rings is 2. The molecule has 0 aromatic heterocycles. The first-order valence-electron chi connectivity index (χ1n) is 16.0. The zero-order valence-electron chi connectivity index (χ0n) is 25.9. The number of fused-ring (bicyclic) bond motifs is 2. The second-order valence-corrected chi connectivity index (χ2v) is 13.1. The number of nitrogens with zero attached hydrogens (tertiary/aromatic N) is 3. The van der Waals surface area contributed by atoms with Crippen LogP contribution in [-0.2, 0) is 27.7 Å². The summed E-state index contributed by atoms with van der Waals surface area (Å²) in [5.74, 6) is -0.474. The molecule has 0 unspecified atom stereocenters. The number of para-hydroxylation sites is 1. The van der Waals surface area contributed by atoms with Gasteiger partial charge in [0.15, 0.2) is 6.10 Å². The Kier molecular flexibility index (Phi) is 9.45. The van der Waals surface area contributed by atoms with Crippen molar-refractivity contribution >= 4 is 41.0 Å². The first kappa shape index (κ1) is 33.2. The molecule has 4 amide bonds. The van der Waals surface area contributed by atoms with Crippen molar-refractivity contribution in [1.29, 1.82) is 0 Å². The monoisotopic (exact) mass is 677 g/mol. The van der Waals surface area contributed by atoms with Crippen molar-refractivity contribution in [3.8, 4) is 0 Å². The lowest BCUT2D eigenvalue weighted by molar-refractivity contribution is -0.143. The van der Waals surface area contributed by atoms with Crippen LogP contribution in [0.2, 0.25) is 5.02 Å². The lowest BCUT2D eigenvalue weighted by Crippen LogP contribution is -2.58. The van der Waals surface area contributed by atoms with Gasteiger partial charge >= 0.3 is 18.3 Å². The van der Waals surface area contributed by atoms with Crippen molar-refractivity contribution in [1.82, 2.24) is 25.3 Å². The highest BCUT2D eigenvalue weighted by atomic mass is 35.5. The topological polar surface area (TPSA) is 132 Å². The van der Waals surface area contributed by atoms with E-state index in [4.69, 9.17) is 22.1 Å². The summed E-state index contributed by atoms with van der Waals surface area (Å²) >= 11 is 6.09. The molecule has 2 aromatic rings. The highest BCUT2D eigenvalue weighted by Gasteiger charge is 2.44. The van der Waals surface area contributed by atoms with Crippen molar-refractivity contribution < 1.29 is 32.3 Å². The van der Waals surface area contributed by atoms with E-state index in [1.807, 2.05) is 24.3 Å². The molecule has 0 bridgehead atoms. The van der Waals surface area contributed by atoms with E-state index in [-0.39, 0.29) is 36.1 Å². The van der Waals surface area contributed by atoms with Crippen molar-refractivity contribution in [3.63, 3.8) is 0 Å². The molecule has 3 fully saturated rings. The van der Waals surface area contributed by atoms with Crippen LogP contribution < -0.4 is 21.7 Å². The molecule has 5 N–H and O–H groups in total. The van der Waals surface area contributed by atoms with Gasteiger partial charge in [-0.05, 0) is 62.5 Å². The molecule has 4 aliphatic heterocycles. The first-order valence-corrected chi connectivity index (χ1v) is 16.3. The Morgan fingerprint density at radius 2 is 1.70 bits per heavy atom. The minimum Gasteiger partial charge on any atom is -0.436 e. The molecular weight excluding hydrogens is 639 g/mol. The van der Waals surface area contributed by atoms with Crippen molar-refractivity contribution in [2.45, 2.75) is 56.0 Å². The van der Waals surface area contributed by atoms with E-state index >= 15 is 0 Å². The summed E-state index contributed by atoms with van der Waals surface area (Å²) in [5.41, 5.74) is 4.95. The molecule has 6 rings (SSSR count). The molecule has 0 aliphatic carbocycles. The molecule has 2 aromatic carbocycles. The summed E-state index contributed by atoms with van der Waals surface area (Å²) in [5, 5.41) is 8.89. The fourth-order valence-corrected chi connectivity index (χ4v) is 7.45. The van der Waals surface area contributed by atoms with Crippen molar-refractivity contribution in [2.75, 3.05) is 63.4 Å². The van der Waals surface area contributed by atoms with Gasteiger partial charge in [0.25, 0.3) is 5.91 Å². The van der Waals surface area contributed by atoms with Gasteiger partial charge in [0.05, 0.1) is 21.8 Å². The van der Waals surface area contributed by atoms with Crippen molar-refractivity contribution in [3.05, 3.63) is 58.1 Å². The lowest BCUT2D eigenvalue weighted by Gasteiger charge is -2.45. The van der Waals surface area contributed by atoms with Crippen LogP contribution in [0.3, 0.4) is 0 Å². The summed E-state index contributed by atoms with van der Waals surface area (Å²) in [4.78, 5) is 45.4. The number of hydrogen-bond acceptors (Lipinski definition) is 7. The molecule has 15 heteroatoms. The summed E-state index contributed by atoms with van der Waals surface area (Å²) in [7, 11) is 0. The van der Waals surface area contributed by atoms with E-state index < -0.39 is 41.1 Å². The Balaban J connectivity index is 1.18. The number of urea groups is 1. The number of carbonyl (C=O) groups excluding carboxylic acids is 3. The summed E-state index contributed by atoms with van der Waals surface area (Å²) < 4.78 is 47.1. The zero-order chi connectivity index (χ0) is 33.3. The number of alkyl halides is 3. The molecule has 3 saturated heterocycles. The highest BCUT2D eigenvalue weighted by Crippen LogP contribution is 2.40. The van der Waals surface area contributed by atoms with Gasteiger partial charge in [-0.25, -0.2) is 9.59 Å². The van der Waals surface area contributed by atoms with Crippen LogP contribution in [0.5, 0.6) is 0 Å². The fraction of sp³-hybridized carbons (Fsp3) is 0.531. The number of carbonyl (C=O) groups is 3. The van der Waals surface area contributed by atoms with Crippen LogP contribution in [0, 0.1) is 0 Å². The number of nitrogens with one attached hydrogen (secondary N) is 3. The molecule has 0 radical (unpaired) electrons. The quantitative estimate of drug-likeness (QED) is 0.352. The maximum absolute atomic E-state index is 13.9. The molecule has 47 heavy (non-hydrogen) atoms. The largest absolute Gasteiger partial charge is 0.436 e. The van der Waals surface area contributed by atoms with Crippen LogP contribution in [0.4, 0.5) is 34.1 Å². The number of halogens is 4. The predicted octanol–water partition coefficient (Wildman–Crippen LogP) is 4.01. The maximum atomic E-state index is 13.9. The number of piperazine rings is 1. The normalized spacial score (nSPS) is 21.1. The fourth-order valence-electron chi connectivity index (χ4n) is 7.21. The second kappa shape index (κ2) is 13.4. The minimum atomic E-state index is -4.77. The average molecular weight is 678 g/mol. The molecule has 4 heterocycles. The first-order chi connectivity index (χ1) is 22.4. The number of likely N-dealkylation sites (tertiary alicyclic amines) is 1. The number of amides is 4. The molecule has 1 spiro atoms. The molecular formula is C32H39ClF3N7O4. The predicted molar refractivity (Wildman–Crippen MR) is 170 cm³/mol. The van der Waals surface area contributed by atoms with E-state index in [1.165, 1.54) is 11.0 Å². The third-order valence-electron chi connectivity index (χ3n) is 9.80. The van der Waals surface area contributed by atoms with E-state index in [2.05, 4.69) is 20.9 Å². The number of rotatable bonds is 5. The lowest BCUT2D eigenvalue weighted by atomic mass is 9.79. The van der Waals surface area contributed by atoms with Crippen LogP contribution in [0.15, 0.2) is 36.4 Å². The smallest absolute Gasteiger partial charge is 0.418 e. The number of anilines is 2. The van der Waals surface area contributed by atoms with Gasteiger partial charge in [-0.3, -0.25) is 9.69 Å². The van der Waals surface area contributed by atoms with Crippen molar-refractivity contribution in [2.24, 2.45) is 0 Å². The van der Waals surface area contributed by atoms with Gasteiger partial charge in [0.1, 0.15) is 0 Å². The SMILES string of the molecule is Nc1c(Cl)cc(C[C@@H](OC(=O)N2CCC3(CC2)NC(=O)Nc2ccccc23)C(=O)N2CCN(C3CCNCC3)CC2)cc1C(F)(F)F. The van der Waals surface area contributed by atoms with Crippen LogP contribution in [0.25, 0.3) is 0 Å². The Labute approximate surface area is 275 Å². The van der Waals surface area contributed by atoms with Crippen LogP contribution in [0.1, 0.15) is 42.4 Å². The number of ether oxygens (including phenoxy) is 1.